The lowest BCUT2D eigenvalue weighted by Crippen LogP contribution is -2.08. The highest BCUT2D eigenvalue weighted by Crippen LogP contribution is 2.17. The number of hydrogen-bond donors (Lipinski definition) is 1. The molecule has 1 N–H and O–H groups in total. The number of hydrogen-bond acceptors (Lipinski definition) is 3. The Bertz CT molecular complexity index is 496. The van der Waals surface area contributed by atoms with Crippen molar-refractivity contribution in [2.24, 2.45) is 0 Å². The predicted octanol–water partition coefficient (Wildman–Crippen LogP) is 3.03. The van der Waals surface area contributed by atoms with Gasteiger partial charge in [-0.15, -0.1) is 11.3 Å². The Balaban J connectivity index is 1.96. The minimum Gasteiger partial charge on any atom is -0.320 e. The quantitative estimate of drug-likeness (QED) is 0.811. The van der Waals surface area contributed by atoms with Gasteiger partial charge in [-0.3, -0.25) is 0 Å². The summed E-state index contributed by atoms with van der Waals surface area (Å²) in [6.45, 7) is 1.00. The van der Waals surface area contributed by atoms with E-state index in [2.05, 4.69) is 15.7 Å². The Kier molecular flexibility index (Phi) is 4.84. The summed E-state index contributed by atoms with van der Waals surface area (Å²) >= 11 is 1.61. The van der Waals surface area contributed by atoms with Gasteiger partial charge < -0.3 is 5.32 Å². The summed E-state index contributed by atoms with van der Waals surface area (Å²) in [6.07, 6.45) is 2.65. The molecule has 0 bridgehead atoms. The van der Waals surface area contributed by atoms with Gasteiger partial charge in [-0.2, -0.15) is 0 Å². The molecule has 1 aromatic heterocycles. The van der Waals surface area contributed by atoms with E-state index in [9.17, 15) is 4.39 Å². The van der Waals surface area contributed by atoms with E-state index in [0.29, 0.717) is 12.0 Å². The lowest BCUT2D eigenvalue weighted by molar-refractivity contribution is 0.613. The third kappa shape index (κ3) is 3.62. The molecule has 1 aromatic carbocycles. The van der Waals surface area contributed by atoms with Gasteiger partial charge in [0.15, 0.2) is 0 Å². The van der Waals surface area contributed by atoms with E-state index in [1.54, 1.807) is 17.4 Å². The van der Waals surface area contributed by atoms with Crippen molar-refractivity contribution in [3.05, 3.63) is 51.7 Å². The molecule has 0 saturated carbocycles. The van der Waals surface area contributed by atoms with E-state index < -0.39 is 0 Å². The van der Waals surface area contributed by atoms with Crippen LogP contribution in [0.15, 0.2) is 29.6 Å². The maximum Gasteiger partial charge on any atom is 0.126 e. The number of rotatable bonds is 6. The molecule has 0 spiro atoms. The molecule has 1 heterocycles. The van der Waals surface area contributed by atoms with Crippen LogP contribution in [0.25, 0.3) is 0 Å². The number of aromatic nitrogens is 1. The first-order chi connectivity index (χ1) is 8.79. The molecule has 0 unspecified atom stereocenters. The van der Waals surface area contributed by atoms with Crippen molar-refractivity contribution in [1.82, 2.24) is 10.3 Å². The van der Waals surface area contributed by atoms with E-state index in [-0.39, 0.29) is 5.82 Å². The molecule has 0 radical (unpaired) electrons. The predicted molar refractivity (Wildman–Crippen MR) is 73.6 cm³/mol. The Morgan fingerprint density at radius 3 is 2.94 bits per heavy atom. The second kappa shape index (κ2) is 6.61. The highest BCUT2D eigenvalue weighted by Gasteiger charge is 2.06. The van der Waals surface area contributed by atoms with Crippen molar-refractivity contribution in [3.8, 4) is 0 Å². The number of halogens is 1. The number of nitrogens with zero attached hydrogens (tertiary/aromatic N) is 1. The SMILES string of the molecule is CNCCCc1csc(Cc2ccccc2F)n1. The molecule has 0 atom stereocenters. The third-order valence-electron chi connectivity index (χ3n) is 2.76. The average Bonchev–Trinajstić information content (AvgIpc) is 2.80. The second-order valence-electron chi connectivity index (χ2n) is 4.21. The van der Waals surface area contributed by atoms with Crippen LogP contribution in [0.4, 0.5) is 4.39 Å². The van der Waals surface area contributed by atoms with Crippen LogP contribution in [0, 0.1) is 5.82 Å². The fourth-order valence-corrected chi connectivity index (χ4v) is 2.65. The van der Waals surface area contributed by atoms with Gasteiger partial charge in [0, 0.05) is 11.8 Å². The van der Waals surface area contributed by atoms with E-state index in [0.717, 1.165) is 30.1 Å². The molecular weight excluding hydrogens is 247 g/mol. The van der Waals surface area contributed by atoms with Crippen molar-refractivity contribution < 1.29 is 4.39 Å². The molecule has 2 rings (SSSR count). The van der Waals surface area contributed by atoms with Crippen LogP contribution in [-0.2, 0) is 12.8 Å². The standard InChI is InChI=1S/C14H17FN2S/c1-16-8-4-6-12-10-18-14(17-12)9-11-5-2-3-7-13(11)15/h2-3,5,7,10,16H,4,6,8-9H2,1H3. The molecule has 0 saturated heterocycles. The van der Waals surface area contributed by atoms with Gasteiger partial charge in [-0.1, -0.05) is 18.2 Å². The van der Waals surface area contributed by atoms with Crippen molar-refractivity contribution in [3.63, 3.8) is 0 Å². The van der Waals surface area contributed by atoms with E-state index in [4.69, 9.17) is 0 Å². The van der Waals surface area contributed by atoms with Gasteiger partial charge in [0.1, 0.15) is 5.82 Å². The molecule has 96 valence electrons. The Morgan fingerprint density at radius 2 is 2.17 bits per heavy atom. The third-order valence-corrected chi connectivity index (χ3v) is 3.66. The molecule has 4 heteroatoms. The van der Waals surface area contributed by atoms with Gasteiger partial charge in [-0.05, 0) is 38.1 Å². The Labute approximate surface area is 111 Å². The second-order valence-corrected chi connectivity index (χ2v) is 5.15. The van der Waals surface area contributed by atoms with Crippen molar-refractivity contribution in [2.45, 2.75) is 19.3 Å². The molecule has 18 heavy (non-hydrogen) atoms. The first kappa shape index (κ1) is 13.2. The van der Waals surface area contributed by atoms with Gasteiger partial charge in [0.05, 0.1) is 10.7 Å². The molecule has 2 aromatic rings. The normalized spacial score (nSPS) is 10.8. The van der Waals surface area contributed by atoms with Gasteiger partial charge >= 0.3 is 0 Å². The van der Waals surface area contributed by atoms with Crippen LogP contribution >= 0.6 is 11.3 Å². The summed E-state index contributed by atoms with van der Waals surface area (Å²) in [6, 6.07) is 6.89. The molecule has 0 aliphatic heterocycles. The number of nitrogens with one attached hydrogen (secondary N) is 1. The minimum absolute atomic E-state index is 0.149. The summed E-state index contributed by atoms with van der Waals surface area (Å²) < 4.78 is 13.5. The number of thiazole rings is 1. The zero-order chi connectivity index (χ0) is 12.8. The maximum atomic E-state index is 13.5. The summed E-state index contributed by atoms with van der Waals surface area (Å²) in [5.74, 6) is -0.149. The van der Waals surface area contributed by atoms with Crippen LogP contribution in [-0.4, -0.2) is 18.6 Å². The molecule has 2 nitrogen and oxygen atoms in total. The van der Waals surface area contributed by atoms with Crippen LogP contribution < -0.4 is 5.32 Å². The fourth-order valence-electron chi connectivity index (χ4n) is 1.80. The Morgan fingerprint density at radius 1 is 1.33 bits per heavy atom. The molecule has 0 aliphatic rings. The molecular formula is C14H17FN2S. The Hall–Kier alpha value is -1.26. The highest BCUT2D eigenvalue weighted by molar-refractivity contribution is 7.09. The van der Waals surface area contributed by atoms with Crippen LogP contribution in [0.2, 0.25) is 0 Å². The summed E-state index contributed by atoms with van der Waals surface area (Å²) in [7, 11) is 1.95. The number of aryl methyl sites for hydroxylation is 1. The van der Waals surface area contributed by atoms with Gasteiger partial charge in [0.2, 0.25) is 0 Å². The summed E-state index contributed by atoms with van der Waals surface area (Å²) in [5.41, 5.74) is 1.83. The minimum atomic E-state index is -0.149. The summed E-state index contributed by atoms with van der Waals surface area (Å²) in [5, 5.41) is 6.18. The van der Waals surface area contributed by atoms with Crippen LogP contribution in [0.3, 0.4) is 0 Å². The van der Waals surface area contributed by atoms with Gasteiger partial charge in [0.25, 0.3) is 0 Å². The van der Waals surface area contributed by atoms with Crippen LogP contribution in [0.1, 0.15) is 22.7 Å². The van der Waals surface area contributed by atoms with E-state index in [1.807, 2.05) is 19.2 Å². The largest absolute Gasteiger partial charge is 0.320 e. The molecule has 0 amide bonds. The molecule has 0 fully saturated rings. The lowest BCUT2D eigenvalue weighted by atomic mass is 10.1. The smallest absolute Gasteiger partial charge is 0.126 e. The van der Waals surface area contributed by atoms with Gasteiger partial charge in [-0.25, -0.2) is 9.37 Å². The topological polar surface area (TPSA) is 24.9 Å². The van der Waals surface area contributed by atoms with Crippen LogP contribution in [0.5, 0.6) is 0 Å². The number of benzene rings is 1. The van der Waals surface area contributed by atoms with Crippen molar-refractivity contribution in [2.75, 3.05) is 13.6 Å². The van der Waals surface area contributed by atoms with E-state index >= 15 is 0 Å². The highest BCUT2D eigenvalue weighted by atomic mass is 32.1. The summed E-state index contributed by atoms with van der Waals surface area (Å²) in [4.78, 5) is 4.54. The van der Waals surface area contributed by atoms with Crippen molar-refractivity contribution in [1.29, 1.82) is 0 Å². The zero-order valence-corrected chi connectivity index (χ0v) is 11.3. The monoisotopic (exact) mass is 264 g/mol. The molecule has 0 aliphatic carbocycles. The first-order valence-corrected chi connectivity index (χ1v) is 6.99. The van der Waals surface area contributed by atoms with Crippen molar-refractivity contribution >= 4 is 11.3 Å². The zero-order valence-electron chi connectivity index (χ0n) is 10.4. The first-order valence-electron chi connectivity index (χ1n) is 6.11. The maximum absolute atomic E-state index is 13.5. The average molecular weight is 264 g/mol. The fraction of sp³-hybridized carbons (Fsp3) is 0.357. The lowest BCUT2D eigenvalue weighted by Gasteiger charge is -1.99. The van der Waals surface area contributed by atoms with E-state index in [1.165, 1.54) is 6.07 Å².